The average molecular weight is 420 g/mol. The number of carboxylic acids is 1. The maximum absolute atomic E-state index is 13.8. The second kappa shape index (κ2) is 9.47. The zero-order valence-electron chi connectivity index (χ0n) is 14.5. The third-order valence-electron chi connectivity index (χ3n) is 3.53. The molecule has 3 aromatic rings. The first kappa shape index (κ1) is 22.3. The van der Waals surface area contributed by atoms with Crippen molar-refractivity contribution in [2.75, 3.05) is 0 Å². The van der Waals surface area contributed by atoms with Gasteiger partial charge in [-0.15, -0.1) is 0 Å². The molecule has 5 nitrogen and oxygen atoms in total. The molecule has 0 radical (unpaired) electrons. The molecule has 3 rings (SSSR count). The van der Waals surface area contributed by atoms with Gasteiger partial charge in [-0.1, -0.05) is 11.6 Å². The summed E-state index contributed by atoms with van der Waals surface area (Å²) in [7, 11) is 0. The molecule has 0 unspecified atom stereocenters. The Kier molecular flexibility index (Phi) is 7.54. The molecule has 0 aliphatic rings. The molecule has 2 aromatic carbocycles. The minimum absolute atomic E-state index is 0. The SMILES string of the molecule is O=C([O-])Cc1coc(-c2cc(Cl)ccc2OCc2c(F)cc(F)cc2F)n1.[Na+]. The quantitative estimate of drug-likeness (QED) is 0.537. The van der Waals surface area contributed by atoms with Gasteiger partial charge in [-0.3, -0.25) is 0 Å². The van der Waals surface area contributed by atoms with Gasteiger partial charge in [0, 0.05) is 29.5 Å². The fraction of sp³-hybridized carbons (Fsp3) is 0.111. The number of nitrogens with zero attached hydrogens (tertiary/aromatic N) is 1. The molecule has 0 aliphatic carbocycles. The Morgan fingerprint density at radius 1 is 1.18 bits per heavy atom. The third kappa shape index (κ3) is 5.29. The van der Waals surface area contributed by atoms with Gasteiger partial charge in [-0.25, -0.2) is 18.2 Å². The van der Waals surface area contributed by atoms with Crippen molar-refractivity contribution in [2.45, 2.75) is 13.0 Å². The minimum Gasteiger partial charge on any atom is -0.550 e. The first-order valence-corrected chi connectivity index (χ1v) is 7.91. The fourth-order valence-electron chi connectivity index (χ4n) is 2.31. The van der Waals surface area contributed by atoms with E-state index in [0.29, 0.717) is 17.2 Å². The summed E-state index contributed by atoms with van der Waals surface area (Å²) in [4.78, 5) is 14.6. The van der Waals surface area contributed by atoms with Crippen LogP contribution in [0.1, 0.15) is 11.3 Å². The zero-order valence-corrected chi connectivity index (χ0v) is 17.2. The summed E-state index contributed by atoms with van der Waals surface area (Å²) in [5.41, 5.74) is -0.0936. The summed E-state index contributed by atoms with van der Waals surface area (Å²) in [5.74, 6) is -4.42. The fourth-order valence-corrected chi connectivity index (χ4v) is 2.49. The van der Waals surface area contributed by atoms with E-state index >= 15 is 0 Å². The van der Waals surface area contributed by atoms with E-state index in [9.17, 15) is 23.1 Å². The molecule has 0 amide bonds. The Labute approximate surface area is 184 Å². The summed E-state index contributed by atoms with van der Waals surface area (Å²) in [5, 5.41) is 10.9. The minimum atomic E-state index is -1.33. The van der Waals surface area contributed by atoms with Gasteiger partial charge in [0.05, 0.1) is 16.8 Å². The molecule has 0 spiro atoms. The molecule has 0 bridgehead atoms. The molecule has 0 saturated carbocycles. The van der Waals surface area contributed by atoms with Crippen LogP contribution < -0.4 is 39.4 Å². The van der Waals surface area contributed by atoms with Crippen LogP contribution in [0.25, 0.3) is 11.5 Å². The molecule has 0 fully saturated rings. The van der Waals surface area contributed by atoms with Crippen LogP contribution in [0.2, 0.25) is 5.02 Å². The number of hydrogen-bond acceptors (Lipinski definition) is 5. The van der Waals surface area contributed by atoms with Gasteiger partial charge < -0.3 is 19.1 Å². The van der Waals surface area contributed by atoms with Gasteiger partial charge in [0.2, 0.25) is 5.89 Å². The number of carbonyl (C=O) groups excluding carboxylic acids is 1. The van der Waals surface area contributed by atoms with Gasteiger partial charge in [0.1, 0.15) is 36.1 Å². The predicted molar refractivity (Wildman–Crippen MR) is 86.3 cm³/mol. The van der Waals surface area contributed by atoms with Crippen molar-refractivity contribution in [3.63, 3.8) is 0 Å². The molecule has 1 heterocycles. The molecule has 28 heavy (non-hydrogen) atoms. The Bertz CT molecular complexity index is 989. The van der Waals surface area contributed by atoms with Gasteiger partial charge in [-0.2, -0.15) is 0 Å². The van der Waals surface area contributed by atoms with E-state index in [1.54, 1.807) is 0 Å². The molecule has 0 aliphatic heterocycles. The second-order valence-electron chi connectivity index (χ2n) is 5.47. The van der Waals surface area contributed by atoms with Gasteiger partial charge in [0.15, 0.2) is 0 Å². The van der Waals surface area contributed by atoms with Crippen LogP contribution in [-0.2, 0) is 17.8 Å². The van der Waals surface area contributed by atoms with E-state index in [1.807, 2.05) is 0 Å². The van der Waals surface area contributed by atoms with Crippen molar-refractivity contribution in [3.8, 4) is 17.2 Å². The van der Waals surface area contributed by atoms with Crippen molar-refractivity contribution in [2.24, 2.45) is 0 Å². The Hall–Kier alpha value is -2.00. The third-order valence-corrected chi connectivity index (χ3v) is 3.76. The predicted octanol–water partition coefficient (Wildman–Crippen LogP) is 0.288. The van der Waals surface area contributed by atoms with Crippen LogP contribution >= 0.6 is 11.6 Å². The van der Waals surface area contributed by atoms with E-state index in [4.69, 9.17) is 20.8 Å². The molecule has 1 aromatic heterocycles. The van der Waals surface area contributed by atoms with Crippen LogP contribution in [0.15, 0.2) is 41.0 Å². The second-order valence-corrected chi connectivity index (χ2v) is 5.91. The van der Waals surface area contributed by atoms with E-state index in [0.717, 1.165) is 6.26 Å². The maximum atomic E-state index is 13.8. The number of aromatic nitrogens is 1. The summed E-state index contributed by atoms with van der Waals surface area (Å²) >= 11 is 5.95. The van der Waals surface area contributed by atoms with E-state index in [2.05, 4.69) is 4.98 Å². The van der Waals surface area contributed by atoms with Crippen molar-refractivity contribution in [3.05, 3.63) is 70.3 Å². The van der Waals surface area contributed by atoms with E-state index < -0.39 is 42.0 Å². The van der Waals surface area contributed by atoms with Crippen LogP contribution in [0.5, 0.6) is 5.75 Å². The monoisotopic (exact) mass is 419 g/mol. The van der Waals surface area contributed by atoms with E-state index in [-0.39, 0.29) is 52.5 Å². The topological polar surface area (TPSA) is 75.4 Å². The van der Waals surface area contributed by atoms with Crippen molar-refractivity contribution in [1.29, 1.82) is 0 Å². The largest absolute Gasteiger partial charge is 1.00 e. The van der Waals surface area contributed by atoms with E-state index in [1.165, 1.54) is 18.2 Å². The summed E-state index contributed by atoms with van der Waals surface area (Å²) in [6, 6.07) is 5.43. The molecule has 0 saturated heterocycles. The number of ether oxygens (including phenoxy) is 1. The zero-order chi connectivity index (χ0) is 19.6. The van der Waals surface area contributed by atoms with Gasteiger partial charge in [0.25, 0.3) is 0 Å². The van der Waals surface area contributed by atoms with Crippen LogP contribution in [0.4, 0.5) is 13.2 Å². The summed E-state index contributed by atoms with van der Waals surface area (Å²) in [6.07, 6.45) is 0.682. The molecule has 140 valence electrons. The standard InChI is InChI=1S/C18H11ClF3NO4.Na/c19-9-1-2-16(26-8-13-14(21)4-10(20)5-15(13)22)12(3-9)18-23-11(7-27-18)6-17(24)25;/h1-5,7H,6,8H2,(H,24,25);/q;+1/p-1. The Morgan fingerprint density at radius 3 is 2.50 bits per heavy atom. The summed E-state index contributed by atoms with van der Waals surface area (Å²) < 4.78 is 51.2. The van der Waals surface area contributed by atoms with Crippen LogP contribution in [0.3, 0.4) is 0 Å². The van der Waals surface area contributed by atoms with Gasteiger partial charge >= 0.3 is 29.6 Å². The number of aliphatic carboxylic acids is 1. The molecule has 0 atom stereocenters. The first-order valence-electron chi connectivity index (χ1n) is 7.54. The molecular weight excluding hydrogens is 410 g/mol. The number of carboxylic acid groups (broad SMARTS) is 1. The molecular formula is C18H10ClF3NNaO4. The molecule has 0 N–H and O–H groups in total. The number of hydrogen-bond donors (Lipinski definition) is 0. The normalized spacial score (nSPS) is 10.4. The maximum Gasteiger partial charge on any atom is 1.00 e. The Balaban J connectivity index is 0.00000280. The van der Waals surface area contributed by atoms with Crippen LogP contribution in [-0.4, -0.2) is 11.0 Å². The average Bonchev–Trinajstić information content (AvgIpc) is 3.02. The van der Waals surface area contributed by atoms with Crippen molar-refractivity contribution in [1.82, 2.24) is 4.98 Å². The number of halogens is 4. The first-order chi connectivity index (χ1) is 12.8. The number of oxazole rings is 1. The number of carbonyl (C=O) groups is 1. The number of benzene rings is 2. The van der Waals surface area contributed by atoms with Crippen molar-refractivity contribution >= 4 is 17.6 Å². The van der Waals surface area contributed by atoms with Gasteiger partial charge in [-0.05, 0) is 18.2 Å². The van der Waals surface area contributed by atoms with Crippen molar-refractivity contribution < 1.29 is 61.8 Å². The summed E-state index contributed by atoms with van der Waals surface area (Å²) in [6.45, 7) is -0.529. The number of rotatable bonds is 6. The van der Waals surface area contributed by atoms with Crippen LogP contribution in [0, 0.1) is 17.5 Å². The molecule has 10 heteroatoms. The Morgan fingerprint density at radius 2 is 1.86 bits per heavy atom. The smallest absolute Gasteiger partial charge is 0.550 e.